The van der Waals surface area contributed by atoms with E-state index in [9.17, 15) is 19.2 Å². The third-order valence-corrected chi connectivity index (χ3v) is 29.2. The highest BCUT2D eigenvalue weighted by Gasteiger charge is 2.48. The summed E-state index contributed by atoms with van der Waals surface area (Å²) in [5.74, 6) is 9.18. The largest absolute Gasteiger partial charge is 0.475 e. The van der Waals surface area contributed by atoms with E-state index < -0.39 is 34.1 Å². The molecule has 6 aliphatic carbocycles. The number of carboxylic acids is 1. The minimum absolute atomic E-state index is 0.0750. The van der Waals surface area contributed by atoms with Crippen LogP contribution in [0.2, 0.25) is 51.4 Å². The Hall–Kier alpha value is -11.1. The summed E-state index contributed by atoms with van der Waals surface area (Å²) in [4.78, 5) is 89.6. The van der Waals surface area contributed by atoms with Gasteiger partial charge in [0.05, 0.1) is 57.9 Å². The number of rotatable bonds is 26. The molecule has 10 aliphatic rings. The minimum Gasteiger partial charge on any atom is -0.475 e. The van der Waals surface area contributed by atoms with E-state index in [1.165, 1.54) is 99.5 Å². The number of nitrogens with one attached hydrogen (secondary N) is 2. The van der Waals surface area contributed by atoms with E-state index in [0.717, 1.165) is 217 Å². The van der Waals surface area contributed by atoms with Crippen molar-refractivity contribution in [2.75, 3.05) is 99.4 Å². The molecule has 8 fully saturated rings. The van der Waals surface area contributed by atoms with Gasteiger partial charge in [0.15, 0.2) is 0 Å². The number of carbonyl (C=O) groups is 4. The van der Waals surface area contributed by atoms with Crippen LogP contribution < -0.4 is 30.7 Å². The van der Waals surface area contributed by atoms with E-state index in [-0.39, 0.29) is 47.9 Å². The van der Waals surface area contributed by atoms with Gasteiger partial charge < -0.3 is 59.8 Å². The molecule has 36 nitrogen and oxygen atoms in total. The smallest absolute Gasteiger partial charge is 0.377 e. The Balaban J connectivity index is 0.000000123. The number of ether oxygens (including phenoxy) is 4. The number of hydrogen-bond acceptors (Lipinski definition) is 28. The van der Waals surface area contributed by atoms with Crippen molar-refractivity contribution in [3.8, 4) is 0 Å². The Labute approximate surface area is 736 Å². The molecular weight excluding hydrogens is 1640 g/mol. The predicted molar refractivity (Wildman–Crippen MR) is 476 cm³/mol. The number of carbonyl (C=O) groups excluding carboxylic acids is 3. The number of aromatic amines is 1. The molecule has 126 heavy (non-hydrogen) atoms. The molecule has 4 saturated heterocycles. The van der Waals surface area contributed by atoms with Crippen LogP contribution in [0.5, 0.6) is 0 Å². The summed E-state index contributed by atoms with van der Waals surface area (Å²) in [6, 6.07) is 18.8. The number of hydrogen-bond donors (Lipinski definition) is 5. The number of methoxy groups -OCH3 is 2. The van der Waals surface area contributed by atoms with Crippen LogP contribution in [0, 0.1) is 88.9 Å². The highest BCUT2D eigenvalue weighted by molar-refractivity contribution is 6.76. The Morgan fingerprint density at radius 2 is 0.857 bits per heavy atom. The number of anilines is 4. The third kappa shape index (κ3) is 22.5. The van der Waals surface area contributed by atoms with Crippen molar-refractivity contribution in [1.29, 1.82) is 0 Å². The Morgan fingerprint density at radius 3 is 1.22 bits per heavy atom. The number of nitrogens with two attached hydrogens (primary N) is 1. The molecule has 0 bridgehead atoms. The van der Waals surface area contributed by atoms with Crippen molar-refractivity contribution in [2.45, 2.75) is 196 Å². The van der Waals surface area contributed by atoms with E-state index in [2.05, 4.69) is 167 Å². The summed E-state index contributed by atoms with van der Waals surface area (Å²) in [5, 5.41) is 48.7. The highest BCUT2D eigenvalue weighted by Crippen LogP contribution is 2.49. The molecule has 1 amide bonds. The maximum atomic E-state index is 13.0. The first-order valence-corrected chi connectivity index (χ1v) is 51.5. The topological polar surface area (TPSA) is 418 Å². The van der Waals surface area contributed by atoms with Gasteiger partial charge in [0.25, 0.3) is 17.6 Å². The summed E-state index contributed by atoms with van der Waals surface area (Å²) in [7, 11) is 0.480. The number of aromatic nitrogens is 20. The minimum atomic E-state index is -1.12. The molecule has 672 valence electrons. The predicted octanol–water partition coefficient (Wildman–Crippen LogP) is 9.56. The molecule has 4 aliphatic heterocycles. The van der Waals surface area contributed by atoms with Crippen LogP contribution in [0.4, 0.5) is 23.3 Å². The summed E-state index contributed by atoms with van der Waals surface area (Å²) >= 11 is 0. The van der Waals surface area contributed by atoms with Gasteiger partial charge in [-0.05, 0) is 210 Å². The maximum Gasteiger partial charge on any atom is 0.377 e. The molecule has 8 unspecified atom stereocenters. The quantitative estimate of drug-likeness (QED) is 0.0191. The lowest BCUT2D eigenvalue weighted by Gasteiger charge is -2.20. The van der Waals surface area contributed by atoms with Crippen LogP contribution in [-0.2, 0) is 71.5 Å². The molecule has 10 aromatic heterocycles. The number of H-pyrrole nitrogens is 1. The monoisotopic (exact) mass is 1760 g/mol. The van der Waals surface area contributed by atoms with Crippen molar-refractivity contribution < 1.29 is 48.3 Å². The molecular formula is C88H122N26O10Si2. The first-order chi connectivity index (χ1) is 60.4. The van der Waals surface area contributed by atoms with Gasteiger partial charge in [-0.1, -0.05) is 63.5 Å². The molecule has 14 heterocycles. The van der Waals surface area contributed by atoms with Gasteiger partial charge in [-0.25, -0.2) is 77.7 Å². The standard InChI is InChI=1S/C28H40N8O2Si.C16H19N5O2.C15H17N5O2.C13H25N3OSi.C12H16N2O.C4H5N3O2/c1-18-20(6-9-25(30-18)34-13-21-12-22(21)14-34)15-35-16-29-27(33-35)28(37)31-24-8-7-23-19(2)36(32-26(23)24)17-38-10-11-39(3,4)5;1-10-11(8-21-9-17-15(19-21)16(22)23-2)3-4-14(18-10)20-6-12-5-13(12)7-20;1-9-10(7-20-8-16-14(18-20)15(21)22)2-3-13(17-9)19-5-11-4-12(11)6-19;1-10-11-5-6-12(14)13(11)15-16(10)9-17-7-8-18(2,3)4;1-8-9(7-15)2-3-12(13-8)14-5-10-4-11(10)6-14;1-9-4(8)3-5-2-6-7-3/h6,9,16,21-22,24H,7-8,10-15,17H2,1-5H3,(H,31,37);3-4,9,12-13H,5-8H2,1-2H3;2-3,8,11-12H,4-7H2,1H3,(H,21,22);12H,5-9,14H2,1-4H3;2-3,10-11,15H,4-7H2,1H3;2H,1H3,(H,5,6,7)/t21?,22?,24-;;;12-;;/m1..1../s1. The average Bonchev–Trinajstić information content (AvgIpc) is 1.63. The molecule has 6 N–H and O–H groups in total. The number of piperidine rings is 4. The van der Waals surface area contributed by atoms with Gasteiger partial charge in [-0.15, -0.1) is 15.3 Å². The molecule has 0 spiro atoms. The van der Waals surface area contributed by atoms with E-state index in [0.29, 0.717) is 33.1 Å². The van der Waals surface area contributed by atoms with E-state index >= 15 is 0 Å². The fourth-order valence-corrected chi connectivity index (χ4v) is 18.9. The van der Waals surface area contributed by atoms with Gasteiger partial charge in [0, 0.05) is 122 Å². The number of aromatic carboxylic acids is 1. The van der Waals surface area contributed by atoms with Gasteiger partial charge >= 0.3 is 17.9 Å². The lowest BCUT2D eigenvalue weighted by molar-refractivity contribution is 0.0578. The van der Waals surface area contributed by atoms with E-state index in [1.807, 2.05) is 61.3 Å². The van der Waals surface area contributed by atoms with Crippen molar-refractivity contribution in [3.05, 3.63) is 176 Å². The maximum absolute atomic E-state index is 13.0. The average molecular weight is 1760 g/mol. The zero-order valence-electron chi connectivity index (χ0n) is 75.1. The lowest BCUT2D eigenvalue weighted by Crippen LogP contribution is -2.29. The van der Waals surface area contributed by atoms with Crippen molar-refractivity contribution in [3.63, 3.8) is 0 Å². The zero-order valence-corrected chi connectivity index (χ0v) is 77.1. The van der Waals surface area contributed by atoms with Crippen molar-refractivity contribution in [2.24, 2.45) is 53.1 Å². The number of amides is 1. The normalized spacial score (nSPS) is 21.5. The molecule has 4 saturated carbocycles. The molecule has 10 atom stereocenters. The molecule has 10 aromatic rings. The van der Waals surface area contributed by atoms with Crippen LogP contribution in [0.25, 0.3) is 0 Å². The number of pyridine rings is 4. The number of aryl methyl sites for hydroxylation is 4. The number of nitrogens with zero attached hydrogens (tertiary/aromatic N) is 23. The number of carboxylic acid groups (broad SMARTS) is 1. The zero-order chi connectivity index (χ0) is 89.0. The van der Waals surface area contributed by atoms with Crippen LogP contribution in [-0.4, -0.2) is 229 Å². The van der Waals surface area contributed by atoms with E-state index in [4.69, 9.17) is 45.5 Å². The van der Waals surface area contributed by atoms with Gasteiger partial charge in [-0.3, -0.25) is 9.89 Å². The third-order valence-electron chi connectivity index (χ3n) is 25.8. The summed E-state index contributed by atoms with van der Waals surface area (Å²) < 4.78 is 29.3. The van der Waals surface area contributed by atoms with Crippen LogP contribution >= 0.6 is 0 Å². The van der Waals surface area contributed by atoms with E-state index in [1.54, 1.807) is 15.7 Å². The Kier molecular flexibility index (Phi) is 27.5. The molecule has 38 heteroatoms. The number of aliphatic hydroxyl groups excluding tert-OH is 1. The fourth-order valence-electron chi connectivity index (χ4n) is 17.4. The SMILES string of the molecule is COC(=O)c1ncn(Cc2ccc(N3CC4CC4C3)nc2C)n1.COC(=O)c1ncn[nH]1.Cc1c2c(nn1COCC[Si](C)(C)C)[C@H](N)CC2.Cc1nc(N2CC3CC3C2)ccc1CO.Cc1nc(N2CC3CC3C2)ccc1Cn1cnc(C(=O)N[C@@H]2CCc3c2nn(COCC[Si](C)(C)C)c3C)n1.Cc1nc(N2CC3CC3C2)ccc1Cn1cnc(C(=O)O)n1. The second-order valence-corrected chi connectivity index (χ2v) is 48.9. The Morgan fingerprint density at radius 1 is 0.484 bits per heavy atom. The number of aliphatic hydroxyl groups is 1. The van der Waals surface area contributed by atoms with Gasteiger partial charge in [-0.2, -0.15) is 15.3 Å². The van der Waals surface area contributed by atoms with Crippen molar-refractivity contribution in [1.82, 2.24) is 104 Å². The summed E-state index contributed by atoms with van der Waals surface area (Å²) in [6.07, 6.45) is 15.2. The fraction of sp³-hybridized carbons (Fsp3) is 0.568. The lowest BCUT2D eigenvalue weighted by atomic mass is 10.2. The second-order valence-electron chi connectivity index (χ2n) is 37.7. The number of fused-ring (bicyclic) bond motifs is 6. The summed E-state index contributed by atoms with van der Waals surface area (Å²) in [5.41, 5.74) is 20.9. The van der Waals surface area contributed by atoms with Crippen LogP contribution in [0.15, 0.2) is 73.8 Å². The summed E-state index contributed by atoms with van der Waals surface area (Å²) in [6.45, 7) is 39.7. The molecule has 20 rings (SSSR count). The first-order valence-electron chi connectivity index (χ1n) is 44.1. The van der Waals surface area contributed by atoms with Crippen LogP contribution in [0.3, 0.4) is 0 Å². The van der Waals surface area contributed by atoms with Crippen molar-refractivity contribution >= 4 is 63.2 Å². The van der Waals surface area contributed by atoms with Gasteiger partial charge in [0.2, 0.25) is 11.6 Å². The Bertz CT molecular complexity index is 5460. The number of esters is 2. The van der Waals surface area contributed by atoms with Gasteiger partial charge in [0.1, 0.15) is 62.0 Å². The second kappa shape index (κ2) is 38.6. The molecule has 0 aromatic carbocycles. The molecule has 0 radical (unpaired) electrons. The van der Waals surface area contributed by atoms with Crippen LogP contribution in [0.1, 0.15) is 172 Å². The highest BCUT2D eigenvalue weighted by atomic mass is 28.3. The first kappa shape index (κ1) is 89.7.